The maximum Gasteiger partial charge on any atom is 0.238 e. The summed E-state index contributed by atoms with van der Waals surface area (Å²) in [5, 5.41) is 11.6. The molecule has 0 aliphatic heterocycles. The molecular formula is C10H12N4O3S. The van der Waals surface area contributed by atoms with Crippen molar-refractivity contribution in [2.45, 2.75) is 11.4 Å². The maximum absolute atomic E-state index is 11.1. The zero-order valence-electron chi connectivity index (χ0n) is 9.33. The molecule has 0 aliphatic carbocycles. The van der Waals surface area contributed by atoms with Crippen molar-refractivity contribution in [2.24, 2.45) is 5.14 Å². The minimum absolute atomic E-state index is 0.0229. The van der Waals surface area contributed by atoms with Gasteiger partial charge in [-0.3, -0.25) is 0 Å². The molecule has 7 nitrogen and oxygen atoms in total. The molecule has 0 bridgehead atoms. The fourth-order valence-corrected chi connectivity index (χ4v) is 1.94. The SMILES string of the molecule is Nc1cc(S(N)(=O)=O)ccc1NCc1ccno1. The predicted octanol–water partition coefficient (Wildman–Crippen LogP) is 0.516. The van der Waals surface area contributed by atoms with Gasteiger partial charge < -0.3 is 15.6 Å². The molecule has 2 aromatic rings. The first-order chi connectivity index (χ1) is 8.47. The van der Waals surface area contributed by atoms with Gasteiger partial charge in [-0.2, -0.15) is 0 Å². The first-order valence-electron chi connectivity index (χ1n) is 5.02. The molecule has 0 saturated carbocycles. The number of nitrogen functional groups attached to an aromatic ring is 1. The summed E-state index contributed by atoms with van der Waals surface area (Å²) in [5.41, 5.74) is 6.62. The number of sulfonamides is 1. The zero-order valence-corrected chi connectivity index (χ0v) is 10.1. The lowest BCUT2D eigenvalue weighted by Crippen LogP contribution is -2.13. The second-order valence-corrected chi connectivity index (χ2v) is 5.19. The van der Waals surface area contributed by atoms with Crippen LogP contribution in [0.3, 0.4) is 0 Å². The van der Waals surface area contributed by atoms with Gasteiger partial charge in [-0.05, 0) is 18.2 Å². The second kappa shape index (κ2) is 4.67. The largest absolute Gasteiger partial charge is 0.397 e. The van der Waals surface area contributed by atoms with Crippen LogP contribution in [0.15, 0.2) is 39.9 Å². The number of hydrogen-bond acceptors (Lipinski definition) is 6. The molecule has 5 N–H and O–H groups in total. The van der Waals surface area contributed by atoms with Gasteiger partial charge in [0.15, 0.2) is 5.76 Å². The summed E-state index contributed by atoms with van der Waals surface area (Å²) in [5.74, 6) is 0.643. The predicted molar refractivity (Wildman–Crippen MR) is 66.1 cm³/mol. The van der Waals surface area contributed by atoms with Gasteiger partial charge in [0.25, 0.3) is 0 Å². The molecule has 1 aromatic heterocycles. The fourth-order valence-electron chi connectivity index (χ4n) is 1.39. The fraction of sp³-hybridized carbons (Fsp3) is 0.100. The van der Waals surface area contributed by atoms with Gasteiger partial charge in [0, 0.05) is 6.07 Å². The lowest BCUT2D eigenvalue weighted by atomic mass is 10.2. The van der Waals surface area contributed by atoms with Crippen molar-refractivity contribution in [3.8, 4) is 0 Å². The molecule has 0 saturated heterocycles. The third-order valence-corrected chi connectivity index (χ3v) is 3.21. The van der Waals surface area contributed by atoms with Crippen LogP contribution in [0.5, 0.6) is 0 Å². The number of nitrogens with one attached hydrogen (secondary N) is 1. The van der Waals surface area contributed by atoms with Gasteiger partial charge >= 0.3 is 0 Å². The average Bonchev–Trinajstić information content (AvgIpc) is 2.79. The van der Waals surface area contributed by atoms with E-state index in [0.29, 0.717) is 23.7 Å². The maximum atomic E-state index is 11.1. The highest BCUT2D eigenvalue weighted by molar-refractivity contribution is 7.89. The number of primary sulfonamides is 1. The quantitative estimate of drug-likeness (QED) is 0.694. The molecule has 96 valence electrons. The van der Waals surface area contributed by atoms with Gasteiger partial charge in [-0.1, -0.05) is 5.16 Å². The van der Waals surface area contributed by atoms with Crippen molar-refractivity contribution in [3.63, 3.8) is 0 Å². The Kier molecular flexibility index (Phi) is 3.21. The molecule has 0 spiro atoms. The highest BCUT2D eigenvalue weighted by Gasteiger charge is 2.10. The first kappa shape index (κ1) is 12.4. The average molecular weight is 268 g/mol. The summed E-state index contributed by atoms with van der Waals surface area (Å²) in [6.45, 7) is 0.402. The number of anilines is 2. The Bertz CT molecular complexity index is 637. The molecular weight excluding hydrogens is 256 g/mol. The summed E-state index contributed by atoms with van der Waals surface area (Å²) in [7, 11) is -3.74. The van der Waals surface area contributed by atoms with Crippen LogP contribution < -0.4 is 16.2 Å². The molecule has 0 amide bonds. The summed E-state index contributed by atoms with van der Waals surface area (Å²) < 4.78 is 27.1. The summed E-state index contributed by atoms with van der Waals surface area (Å²) in [6.07, 6.45) is 1.53. The van der Waals surface area contributed by atoms with Crippen LogP contribution in [0, 0.1) is 0 Å². The molecule has 1 aromatic carbocycles. The minimum Gasteiger partial charge on any atom is -0.397 e. The third-order valence-electron chi connectivity index (χ3n) is 2.30. The van der Waals surface area contributed by atoms with E-state index in [2.05, 4.69) is 10.5 Å². The van der Waals surface area contributed by atoms with Crippen LogP contribution >= 0.6 is 0 Å². The minimum atomic E-state index is -3.74. The number of rotatable bonds is 4. The monoisotopic (exact) mass is 268 g/mol. The van der Waals surface area contributed by atoms with Crippen molar-refractivity contribution < 1.29 is 12.9 Å². The van der Waals surface area contributed by atoms with Crippen LogP contribution in [-0.4, -0.2) is 13.6 Å². The van der Waals surface area contributed by atoms with Crippen molar-refractivity contribution in [3.05, 3.63) is 36.2 Å². The van der Waals surface area contributed by atoms with E-state index in [0.717, 1.165) is 0 Å². The van der Waals surface area contributed by atoms with E-state index < -0.39 is 10.0 Å². The summed E-state index contributed by atoms with van der Waals surface area (Å²) in [6, 6.07) is 5.94. The van der Waals surface area contributed by atoms with Crippen LogP contribution in [0.1, 0.15) is 5.76 Å². The zero-order chi connectivity index (χ0) is 13.2. The van der Waals surface area contributed by atoms with E-state index in [9.17, 15) is 8.42 Å². The summed E-state index contributed by atoms with van der Waals surface area (Å²) >= 11 is 0. The van der Waals surface area contributed by atoms with Crippen molar-refractivity contribution >= 4 is 21.4 Å². The molecule has 1 heterocycles. The number of nitrogens with zero attached hydrogens (tertiary/aromatic N) is 1. The summed E-state index contributed by atoms with van der Waals surface area (Å²) in [4.78, 5) is -0.0229. The molecule has 8 heteroatoms. The molecule has 0 fully saturated rings. The van der Waals surface area contributed by atoms with Gasteiger partial charge in [0.05, 0.1) is 29.0 Å². The van der Waals surface area contributed by atoms with Crippen LogP contribution in [0.2, 0.25) is 0 Å². The Morgan fingerprint density at radius 2 is 2.11 bits per heavy atom. The third kappa shape index (κ3) is 2.79. The highest BCUT2D eigenvalue weighted by atomic mass is 32.2. The van der Waals surface area contributed by atoms with Crippen molar-refractivity contribution in [1.82, 2.24) is 5.16 Å². The molecule has 2 rings (SSSR count). The number of nitrogens with two attached hydrogens (primary N) is 2. The van der Waals surface area contributed by atoms with Crippen molar-refractivity contribution in [2.75, 3.05) is 11.1 Å². The number of benzene rings is 1. The molecule has 0 aliphatic rings. The topological polar surface area (TPSA) is 124 Å². The van der Waals surface area contributed by atoms with E-state index in [-0.39, 0.29) is 4.90 Å². The van der Waals surface area contributed by atoms with Crippen LogP contribution in [-0.2, 0) is 16.6 Å². The Morgan fingerprint density at radius 1 is 1.33 bits per heavy atom. The van der Waals surface area contributed by atoms with Crippen LogP contribution in [0.25, 0.3) is 0 Å². The first-order valence-corrected chi connectivity index (χ1v) is 6.57. The second-order valence-electron chi connectivity index (χ2n) is 3.63. The van der Waals surface area contributed by atoms with E-state index >= 15 is 0 Å². The molecule has 18 heavy (non-hydrogen) atoms. The van der Waals surface area contributed by atoms with E-state index in [1.54, 1.807) is 12.1 Å². The lowest BCUT2D eigenvalue weighted by molar-refractivity contribution is 0.388. The van der Waals surface area contributed by atoms with E-state index in [4.69, 9.17) is 15.4 Å². The van der Waals surface area contributed by atoms with E-state index in [1.165, 1.54) is 18.3 Å². The van der Waals surface area contributed by atoms with Gasteiger partial charge in [-0.25, -0.2) is 13.6 Å². The van der Waals surface area contributed by atoms with Gasteiger partial charge in [0.2, 0.25) is 10.0 Å². The molecule has 0 unspecified atom stereocenters. The standard InChI is InChI=1S/C10H12N4O3S/c11-9-5-8(18(12,15)16)1-2-10(9)13-6-7-3-4-14-17-7/h1-5,13H,6,11H2,(H2,12,15,16). The van der Waals surface area contributed by atoms with Gasteiger partial charge in [-0.15, -0.1) is 0 Å². The Hall–Kier alpha value is -2.06. The molecule has 0 radical (unpaired) electrons. The van der Waals surface area contributed by atoms with Gasteiger partial charge in [0.1, 0.15) is 0 Å². The normalized spacial score (nSPS) is 11.4. The smallest absolute Gasteiger partial charge is 0.238 e. The number of aromatic nitrogens is 1. The number of hydrogen-bond donors (Lipinski definition) is 3. The molecule has 0 atom stereocenters. The van der Waals surface area contributed by atoms with E-state index in [1.807, 2.05) is 0 Å². The lowest BCUT2D eigenvalue weighted by Gasteiger charge is -2.08. The Labute approximate surface area is 104 Å². The highest BCUT2D eigenvalue weighted by Crippen LogP contribution is 2.22. The van der Waals surface area contributed by atoms with Crippen molar-refractivity contribution in [1.29, 1.82) is 0 Å². The van der Waals surface area contributed by atoms with Crippen LogP contribution in [0.4, 0.5) is 11.4 Å². The Balaban J connectivity index is 2.15. The Morgan fingerprint density at radius 3 is 2.67 bits per heavy atom.